The van der Waals surface area contributed by atoms with Gasteiger partial charge in [-0.05, 0) is 0 Å². The highest BCUT2D eigenvalue weighted by Crippen LogP contribution is 2.05. The molecule has 0 saturated carbocycles. The Labute approximate surface area is 74.6 Å². The zero-order valence-corrected chi connectivity index (χ0v) is 9.78. The fourth-order valence-electron chi connectivity index (χ4n) is 1.38. The topological polar surface area (TPSA) is 0 Å². The largest absolute Gasteiger partial charge is 0.0657 e. The summed E-state index contributed by atoms with van der Waals surface area (Å²) in [5.74, 6) is 0. The van der Waals surface area contributed by atoms with Crippen LogP contribution in [0.3, 0.4) is 0 Å². The van der Waals surface area contributed by atoms with E-state index in [1.807, 2.05) is 0 Å². The Hall–Kier alpha value is 0.217. The Morgan fingerprint density at radius 2 is 1.45 bits per heavy atom. The molecule has 0 aromatic carbocycles. The molecule has 0 nitrogen and oxygen atoms in total. The molecule has 0 atom stereocenters. The molecule has 0 aliphatic rings. The van der Waals surface area contributed by atoms with Crippen LogP contribution in [-0.2, 0) is 0 Å². The van der Waals surface area contributed by atoms with E-state index < -0.39 is 0 Å². The van der Waals surface area contributed by atoms with Crippen molar-refractivity contribution in [1.29, 1.82) is 0 Å². The van der Waals surface area contributed by atoms with Crippen molar-refractivity contribution in [2.75, 3.05) is 0 Å². The van der Waals surface area contributed by atoms with Gasteiger partial charge in [-0.1, -0.05) is 64.5 Å². The van der Waals surface area contributed by atoms with E-state index in [4.69, 9.17) is 0 Å². The SMILES string of the molecule is CCCCCCC[SiH2]CCC. The number of hydrogen-bond acceptors (Lipinski definition) is 0. The molecule has 0 bridgehead atoms. The number of unbranched alkanes of at least 4 members (excludes halogenated alkanes) is 4. The minimum Gasteiger partial charge on any atom is -0.0657 e. The third-order valence-corrected chi connectivity index (χ3v) is 4.41. The van der Waals surface area contributed by atoms with Crippen molar-refractivity contribution in [3.05, 3.63) is 0 Å². The van der Waals surface area contributed by atoms with Gasteiger partial charge >= 0.3 is 0 Å². The monoisotopic (exact) mass is 172 g/mol. The van der Waals surface area contributed by atoms with Crippen LogP contribution in [0.25, 0.3) is 0 Å². The lowest BCUT2D eigenvalue weighted by atomic mass is 10.2. The lowest BCUT2D eigenvalue weighted by Gasteiger charge is -1.98. The Morgan fingerprint density at radius 1 is 0.727 bits per heavy atom. The molecule has 0 amide bonds. The second-order valence-electron chi connectivity index (χ2n) is 3.47. The van der Waals surface area contributed by atoms with E-state index in [0.717, 1.165) is 0 Å². The lowest BCUT2D eigenvalue weighted by Crippen LogP contribution is -1.87. The summed E-state index contributed by atoms with van der Waals surface area (Å²) in [4.78, 5) is 0. The van der Waals surface area contributed by atoms with Crippen LogP contribution in [0.4, 0.5) is 0 Å². The van der Waals surface area contributed by atoms with Gasteiger partial charge in [0.1, 0.15) is 0 Å². The van der Waals surface area contributed by atoms with Crippen LogP contribution in [0.1, 0.15) is 52.4 Å². The van der Waals surface area contributed by atoms with Gasteiger partial charge < -0.3 is 0 Å². The van der Waals surface area contributed by atoms with Gasteiger partial charge in [0.15, 0.2) is 0 Å². The highest BCUT2D eigenvalue weighted by atomic mass is 28.2. The van der Waals surface area contributed by atoms with Gasteiger partial charge in [0.2, 0.25) is 0 Å². The summed E-state index contributed by atoms with van der Waals surface area (Å²) in [6.45, 7) is 4.59. The van der Waals surface area contributed by atoms with Gasteiger partial charge in [0.05, 0.1) is 0 Å². The van der Waals surface area contributed by atoms with Crippen molar-refractivity contribution >= 4 is 9.52 Å². The summed E-state index contributed by atoms with van der Waals surface area (Å²) < 4.78 is 0. The fourth-order valence-corrected chi connectivity index (χ4v) is 2.94. The van der Waals surface area contributed by atoms with Crippen molar-refractivity contribution in [2.45, 2.75) is 64.5 Å². The Bertz CT molecular complexity index is 53.9. The van der Waals surface area contributed by atoms with Crippen LogP contribution in [0, 0.1) is 0 Å². The van der Waals surface area contributed by atoms with Crippen LogP contribution in [0.5, 0.6) is 0 Å². The van der Waals surface area contributed by atoms with Gasteiger partial charge in [-0.3, -0.25) is 0 Å². The Balaban J connectivity index is 2.69. The first-order chi connectivity index (χ1) is 5.41. The average molecular weight is 172 g/mol. The van der Waals surface area contributed by atoms with Crippen molar-refractivity contribution in [2.24, 2.45) is 0 Å². The molecule has 1 heteroatoms. The molecule has 0 aliphatic heterocycles. The summed E-state index contributed by atoms with van der Waals surface area (Å²) >= 11 is 0. The van der Waals surface area contributed by atoms with E-state index in [-0.39, 0.29) is 0 Å². The van der Waals surface area contributed by atoms with Gasteiger partial charge in [0.25, 0.3) is 0 Å². The van der Waals surface area contributed by atoms with Crippen molar-refractivity contribution < 1.29 is 0 Å². The molecule has 0 aliphatic carbocycles. The molecule has 0 heterocycles. The van der Waals surface area contributed by atoms with Gasteiger partial charge in [-0.15, -0.1) is 0 Å². The summed E-state index contributed by atoms with van der Waals surface area (Å²) in [7, 11) is 0.377. The van der Waals surface area contributed by atoms with Crippen molar-refractivity contribution in [3.63, 3.8) is 0 Å². The molecule has 0 N–H and O–H groups in total. The molecule has 0 fully saturated rings. The second kappa shape index (κ2) is 10.2. The van der Waals surface area contributed by atoms with E-state index in [1.54, 1.807) is 12.1 Å². The number of rotatable bonds is 8. The van der Waals surface area contributed by atoms with E-state index in [9.17, 15) is 0 Å². The van der Waals surface area contributed by atoms with Crippen molar-refractivity contribution in [1.82, 2.24) is 0 Å². The third kappa shape index (κ3) is 10.2. The van der Waals surface area contributed by atoms with E-state index in [0.29, 0.717) is 9.52 Å². The summed E-state index contributed by atoms with van der Waals surface area (Å²) in [5.41, 5.74) is 0. The molecule has 0 radical (unpaired) electrons. The van der Waals surface area contributed by atoms with E-state index in [2.05, 4.69) is 13.8 Å². The second-order valence-corrected chi connectivity index (χ2v) is 5.60. The summed E-state index contributed by atoms with van der Waals surface area (Å²) in [5, 5.41) is 0. The minimum absolute atomic E-state index is 0.377. The molecule has 0 aromatic heterocycles. The van der Waals surface area contributed by atoms with Gasteiger partial charge in [0, 0.05) is 9.52 Å². The van der Waals surface area contributed by atoms with E-state index >= 15 is 0 Å². The first kappa shape index (κ1) is 11.2. The molecular formula is C10H24Si. The fraction of sp³-hybridized carbons (Fsp3) is 1.00. The van der Waals surface area contributed by atoms with Crippen LogP contribution >= 0.6 is 0 Å². The normalized spacial score (nSPS) is 11.5. The maximum absolute atomic E-state index is 2.31. The quantitative estimate of drug-likeness (QED) is 0.389. The highest BCUT2D eigenvalue weighted by Gasteiger charge is 1.89. The standard InChI is InChI=1S/C10H24Si/c1-3-5-6-7-8-10-11-9-4-2/h3-11H2,1-2H3. The van der Waals surface area contributed by atoms with Gasteiger partial charge in [-0.25, -0.2) is 0 Å². The molecule has 0 rings (SSSR count). The maximum Gasteiger partial charge on any atom is 0.0197 e. The van der Waals surface area contributed by atoms with Crippen LogP contribution in [-0.4, -0.2) is 9.52 Å². The van der Waals surface area contributed by atoms with Crippen molar-refractivity contribution in [3.8, 4) is 0 Å². The van der Waals surface area contributed by atoms with E-state index in [1.165, 1.54) is 38.5 Å². The maximum atomic E-state index is 2.31. The number of hydrogen-bond donors (Lipinski definition) is 0. The zero-order chi connectivity index (χ0) is 8.36. The lowest BCUT2D eigenvalue weighted by molar-refractivity contribution is 0.655. The molecule has 68 valence electrons. The zero-order valence-electron chi connectivity index (χ0n) is 8.36. The molecular weight excluding hydrogens is 148 g/mol. The summed E-state index contributed by atoms with van der Waals surface area (Å²) in [6.07, 6.45) is 8.79. The molecule has 0 spiro atoms. The smallest absolute Gasteiger partial charge is 0.0197 e. The predicted octanol–water partition coefficient (Wildman–Crippen LogP) is 3.37. The molecule has 0 aromatic rings. The van der Waals surface area contributed by atoms with Crippen LogP contribution in [0.2, 0.25) is 12.1 Å². The average Bonchev–Trinajstić information content (AvgIpc) is 2.03. The molecule has 0 unspecified atom stereocenters. The Morgan fingerprint density at radius 3 is 2.09 bits per heavy atom. The Kier molecular flexibility index (Phi) is 10.4. The third-order valence-electron chi connectivity index (χ3n) is 2.21. The molecule has 11 heavy (non-hydrogen) atoms. The summed E-state index contributed by atoms with van der Waals surface area (Å²) in [6, 6.07) is 3.19. The highest BCUT2D eigenvalue weighted by molar-refractivity contribution is 6.35. The molecule has 0 saturated heterocycles. The first-order valence-corrected chi connectivity index (χ1v) is 7.41. The van der Waals surface area contributed by atoms with Crippen LogP contribution in [0.15, 0.2) is 0 Å². The van der Waals surface area contributed by atoms with Gasteiger partial charge in [-0.2, -0.15) is 0 Å². The van der Waals surface area contributed by atoms with Crippen LogP contribution < -0.4 is 0 Å². The predicted molar refractivity (Wildman–Crippen MR) is 57.2 cm³/mol. The minimum atomic E-state index is 0.377. The first-order valence-electron chi connectivity index (χ1n) is 5.41.